The first-order chi connectivity index (χ1) is 31.4. The van der Waals surface area contributed by atoms with E-state index in [2.05, 4.69) is 25.5 Å². The van der Waals surface area contributed by atoms with Crippen LogP contribution in [-0.2, 0) is 38.3 Å². The summed E-state index contributed by atoms with van der Waals surface area (Å²) in [4.78, 5) is 121. The highest BCUT2D eigenvalue weighted by atomic mass is 32.2. The van der Waals surface area contributed by atoms with E-state index in [0.29, 0.717) is 35.0 Å². The zero-order valence-electron chi connectivity index (χ0n) is 39.9. The minimum absolute atomic E-state index is 0.00759. The lowest BCUT2D eigenvalue weighted by Crippen LogP contribution is -2.54. The third-order valence-corrected chi connectivity index (χ3v) is 15.7. The molecule has 2 aliphatic heterocycles. The van der Waals surface area contributed by atoms with E-state index >= 15 is 4.79 Å². The molecule has 1 saturated heterocycles. The molecule has 2 N–H and O–H groups in total. The van der Waals surface area contributed by atoms with Gasteiger partial charge in [-0.3, -0.25) is 48.2 Å². The molecule has 0 bridgehead atoms. The van der Waals surface area contributed by atoms with Gasteiger partial charge in [-0.25, -0.2) is 9.97 Å². The Labute approximate surface area is 401 Å². The number of nitrogens with one attached hydrogen (secondary N) is 2. The van der Waals surface area contributed by atoms with Crippen molar-refractivity contribution < 1.29 is 43.1 Å². The number of likely N-dealkylation sites (N-methyl/N-ethyl adjacent to an activating group) is 1. The number of piperidine rings is 1. The van der Waals surface area contributed by atoms with Gasteiger partial charge in [0.15, 0.2) is 17.7 Å². The zero-order valence-corrected chi connectivity index (χ0v) is 42.4. The number of aromatic nitrogens is 2. The quantitative estimate of drug-likeness (QED) is 0.0439. The average molecular weight is 972 g/mol. The van der Waals surface area contributed by atoms with Crippen molar-refractivity contribution >= 4 is 81.5 Å². The molecule has 66 heavy (non-hydrogen) atoms. The fraction of sp³-hybridized carbons (Fsp3) is 0.660. The van der Waals surface area contributed by atoms with E-state index in [1.807, 2.05) is 54.0 Å². The van der Waals surface area contributed by atoms with E-state index in [9.17, 15) is 33.6 Å². The molecular formula is C47H69N7O9S3. The van der Waals surface area contributed by atoms with Crippen LogP contribution in [0.4, 0.5) is 0 Å². The Bertz CT molecular complexity index is 2010. The van der Waals surface area contributed by atoms with Crippen LogP contribution in [0, 0.1) is 23.7 Å². The second-order valence-corrected chi connectivity index (χ2v) is 20.9. The normalized spacial score (nSPS) is 18.6. The number of carbonyl (C=O) groups excluding carboxylic acids is 8. The van der Waals surface area contributed by atoms with Crippen molar-refractivity contribution in [3.05, 3.63) is 39.8 Å². The number of thioether (sulfide) groups is 1. The molecule has 4 rings (SSSR count). The summed E-state index contributed by atoms with van der Waals surface area (Å²) in [6, 6.07) is -2.59. The van der Waals surface area contributed by atoms with Crippen molar-refractivity contribution in [2.24, 2.45) is 23.7 Å². The van der Waals surface area contributed by atoms with Gasteiger partial charge in [0.2, 0.25) is 11.8 Å². The van der Waals surface area contributed by atoms with Crippen molar-refractivity contribution in [2.45, 2.75) is 148 Å². The summed E-state index contributed by atoms with van der Waals surface area (Å²) in [5.74, 6) is -3.80. The van der Waals surface area contributed by atoms with E-state index in [4.69, 9.17) is 4.74 Å². The molecule has 0 aliphatic carbocycles. The van der Waals surface area contributed by atoms with Gasteiger partial charge >= 0.3 is 5.97 Å². The van der Waals surface area contributed by atoms with Gasteiger partial charge in [0.25, 0.3) is 17.7 Å². The first-order valence-electron chi connectivity index (χ1n) is 23.2. The summed E-state index contributed by atoms with van der Waals surface area (Å²) in [5, 5.41) is 9.29. The third kappa shape index (κ3) is 15.4. The second kappa shape index (κ2) is 26.3. The smallest absolute Gasteiger partial charge is 0.303 e. The molecule has 2 aliphatic rings. The Morgan fingerprint density at radius 3 is 2.24 bits per heavy atom. The maximum absolute atomic E-state index is 15.1. The molecule has 0 radical (unpaired) electrons. The number of nitrogens with zero attached hydrogens (tertiary/aromatic N) is 5. The van der Waals surface area contributed by atoms with Crippen LogP contribution in [0.3, 0.4) is 0 Å². The van der Waals surface area contributed by atoms with Crippen LogP contribution in [0.25, 0.3) is 0 Å². The van der Waals surface area contributed by atoms with Gasteiger partial charge < -0.3 is 20.3 Å². The van der Waals surface area contributed by atoms with Crippen LogP contribution < -0.4 is 10.6 Å². The monoisotopic (exact) mass is 971 g/mol. The predicted molar refractivity (Wildman–Crippen MR) is 256 cm³/mol. The predicted octanol–water partition coefficient (Wildman–Crippen LogP) is 6.27. The maximum atomic E-state index is 15.1. The molecule has 1 fully saturated rings. The number of imide groups is 1. The van der Waals surface area contributed by atoms with Crippen molar-refractivity contribution in [2.75, 3.05) is 32.4 Å². The molecule has 0 saturated carbocycles. The van der Waals surface area contributed by atoms with Gasteiger partial charge in [0.05, 0.1) is 12.1 Å². The Balaban J connectivity index is 1.63. The fourth-order valence-corrected chi connectivity index (χ4v) is 10.9. The Kier molecular flexibility index (Phi) is 21.6. The number of ether oxygens (including phenoxy) is 1. The fourth-order valence-electron chi connectivity index (χ4n) is 8.41. The number of thiazole rings is 2. The zero-order chi connectivity index (χ0) is 48.7. The maximum Gasteiger partial charge on any atom is 0.303 e. The summed E-state index contributed by atoms with van der Waals surface area (Å²) in [6.07, 6.45) is 8.25. The largest absolute Gasteiger partial charge is 0.455 e. The van der Waals surface area contributed by atoms with Gasteiger partial charge in [-0.15, -0.1) is 22.7 Å². The Morgan fingerprint density at radius 1 is 0.955 bits per heavy atom. The minimum atomic E-state index is -1.06. The number of amides is 5. The van der Waals surface area contributed by atoms with Crippen LogP contribution >= 0.6 is 34.4 Å². The molecule has 5 amide bonds. The first-order valence-corrected chi connectivity index (χ1v) is 25.9. The lowest BCUT2D eigenvalue weighted by Gasteiger charge is -2.40. The van der Waals surface area contributed by atoms with Gasteiger partial charge in [-0.1, -0.05) is 72.6 Å². The lowest BCUT2D eigenvalue weighted by atomic mass is 9.82. The van der Waals surface area contributed by atoms with Crippen LogP contribution in [0.5, 0.6) is 0 Å². The summed E-state index contributed by atoms with van der Waals surface area (Å²) in [5.41, 5.74) is -0.00759. The van der Waals surface area contributed by atoms with Gasteiger partial charge in [-0.2, -0.15) is 0 Å². The third-order valence-electron chi connectivity index (χ3n) is 12.7. The second-order valence-electron chi connectivity index (χ2n) is 17.9. The lowest BCUT2D eigenvalue weighted by molar-refractivity contribution is -0.150. The molecule has 16 nitrogen and oxygen atoms in total. The van der Waals surface area contributed by atoms with E-state index in [1.54, 1.807) is 11.1 Å². The summed E-state index contributed by atoms with van der Waals surface area (Å²) in [7, 11) is 1.95. The highest BCUT2D eigenvalue weighted by Gasteiger charge is 2.39. The number of rotatable bonds is 27. The molecule has 4 heterocycles. The highest BCUT2D eigenvalue weighted by Crippen LogP contribution is 2.34. The molecule has 0 spiro atoms. The summed E-state index contributed by atoms with van der Waals surface area (Å²) >= 11 is 3.80. The standard InChI is InChI=1S/C47H69N7O9S3/c1-10-29(5)33(24-38(57)36-16-12-13-20-52(36)9)46(62)53(21-14-15-22-54-40(58)17-18-41(54)59)37(28(3)4)25-39(63-32(8)56)45-50-35(26-65-45)43(60)49-34(27-66-47-48-19-23-64-47)44(61)51-42(31(7)55)30(6)11-2/h17-19,23,26,28-30,33-34,36-37,39,42H,10-16,20-22,24-25,27H2,1-9H3,(H,49,60)(H,51,61)/t29-,30?,33-,34-,36+,37+,39+,42?/m0/s1. The molecule has 8 atom stereocenters. The summed E-state index contributed by atoms with van der Waals surface area (Å²) < 4.78 is 6.63. The van der Waals surface area contributed by atoms with Crippen LogP contribution in [0.15, 0.2) is 33.4 Å². The van der Waals surface area contributed by atoms with Crippen molar-refractivity contribution in [3.63, 3.8) is 0 Å². The summed E-state index contributed by atoms with van der Waals surface area (Å²) in [6.45, 7) is 15.7. The van der Waals surface area contributed by atoms with Crippen LogP contribution in [0.2, 0.25) is 0 Å². The van der Waals surface area contributed by atoms with E-state index in [-0.39, 0.29) is 90.5 Å². The van der Waals surface area contributed by atoms with E-state index < -0.39 is 47.9 Å². The van der Waals surface area contributed by atoms with Gasteiger partial charge in [0, 0.05) is 79.7 Å². The molecule has 2 aromatic heterocycles. The van der Waals surface area contributed by atoms with Crippen LogP contribution in [0.1, 0.15) is 135 Å². The van der Waals surface area contributed by atoms with Crippen molar-refractivity contribution in [1.82, 2.24) is 35.3 Å². The number of esters is 1. The Morgan fingerprint density at radius 2 is 1.65 bits per heavy atom. The number of ketones is 2. The number of Topliss-reactive ketones (excluding diaryl/α,β-unsaturated/α-hetero) is 2. The molecule has 0 aromatic carbocycles. The molecule has 2 unspecified atom stereocenters. The van der Waals surface area contributed by atoms with Crippen molar-refractivity contribution in [3.8, 4) is 0 Å². The molecule has 364 valence electrons. The van der Waals surface area contributed by atoms with Gasteiger partial charge in [-0.05, 0) is 64.0 Å². The molecule has 2 aromatic rings. The van der Waals surface area contributed by atoms with E-state index in [0.717, 1.165) is 37.1 Å². The SMILES string of the molecule is CCC(C)C(NC(=O)[C@H](CSc1nccs1)NC(=O)c1csc([C@@H](C[C@H](C(C)C)N(CCCCN2C(=O)C=CC2=O)C(=O)[C@@H](CC(=O)[C@H]2CCCCN2C)[C@@H](C)CC)OC(C)=O)n1)C(C)=O. The number of hydrogen-bond acceptors (Lipinski definition) is 15. The molecular weight excluding hydrogens is 903 g/mol. The number of carbonyl (C=O) groups is 8. The van der Waals surface area contributed by atoms with Crippen molar-refractivity contribution in [1.29, 1.82) is 0 Å². The average Bonchev–Trinajstić information content (AvgIpc) is 4.06. The van der Waals surface area contributed by atoms with E-state index in [1.165, 1.54) is 59.4 Å². The number of hydrogen-bond donors (Lipinski definition) is 2. The molecule has 19 heteroatoms. The number of likely N-dealkylation sites (tertiary alicyclic amines) is 1. The van der Waals surface area contributed by atoms with Crippen LogP contribution in [-0.4, -0.2) is 128 Å². The highest BCUT2D eigenvalue weighted by molar-refractivity contribution is 8.01. The number of unbranched alkanes of at least 4 members (excludes halogenated alkanes) is 1. The Hall–Kier alpha value is -4.33. The van der Waals surface area contributed by atoms with Gasteiger partial charge in [0.1, 0.15) is 21.1 Å². The minimum Gasteiger partial charge on any atom is -0.455 e. The topological polar surface area (TPSA) is 205 Å². The first kappa shape index (κ1) is 54.3.